The number of nitrogens with one attached hydrogen (secondary N) is 1. The number of nitrogens with zero attached hydrogens (tertiary/aromatic N) is 1. The number of benzene rings is 1. The number of hydrogen-bond acceptors (Lipinski definition) is 5. The molecule has 0 fully saturated rings. The first-order valence-electron chi connectivity index (χ1n) is 8.36. The molecule has 0 radical (unpaired) electrons. The molecule has 2 N–H and O–H groups in total. The van der Waals surface area contributed by atoms with Gasteiger partial charge in [0.25, 0.3) is 0 Å². The van der Waals surface area contributed by atoms with Crippen molar-refractivity contribution in [1.29, 1.82) is 0 Å². The number of carboxylic acid groups (broad SMARTS) is 1. The van der Waals surface area contributed by atoms with Crippen LogP contribution in [-0.4, -0.2) is 33.9 Å². The Hall–Kier alpha value is -2.05. The molecular weight excluding hydrogens is 336 g/mol. The standard InChI is InChI=1S/C19H24N2O3S/c1-12(2)9-16(13(3)22)21-17(19(23)24)10-15-11-25-18(20-15)14-7-5-4-6-8-14/h4-8,11-12,16-17,21H,9-10H2,1-3H3,(H,23,24). The molecule has 2 aromatic rings. The fourth-order valence-corrected chi connectivity index (χ4v) is 3.45. The Kier molecular flexibility index (Phi) is 6.84. The van der Waals surface area contributed by atoms with Crippen LogP contribution in [0, 0.1) is 5.92 Å². The van der Waals surface area contributed by atoms with E-state index in [1.54, 1.807) is 0 Å². The fourth-order valence-electron chi connectivity index (χ4n) is 2.61. The van der Waals surface area contributed by atoms with Gasteiger partial charge >= 0.3 is 5.97 Å². The summed E-state index contributed by atoms with van der Waals surface area (Å²) in [5.41, 5.74) is 1.73. The molecule has 134 valence electrons. The summed E-state index contributed by atoms with van der Waals surface area (Å²) in [7, 11) is 0. The van der Waals surface area contributed by atoms with Gasteiger partial charge in [0.05, 0.1) is 11.7 Å². The van der Waals surface area contributed by atoms with Crippen LogP contribution in [0.3, 0.4) is 0 Å². The van der Waals surface area contributed by atoms with Crippen molar-refractivity contribution in [3.05, 3.63) is 41.4 Å². The molecule has 2 unspecified atom stereocenters. The van der Waals surface area contributed by atoms with E-state index in [1.807, 2.05) is 49.6 Å². The summed E-state index contributed by atoms with van der Waals surface area (Å²) in [6.45, 7) is 5.52. The van der Waals surface area contributed by atoms with Crippen molar-refractivity contribution in [3.8, 4) is 10.6 Å². The van der Waals surface area contributed by atoms with Gasteiger partial charge in [0, 0.05) is 17.4 Å². The van der Waals surface area contributed by atoms with Crippen molar-refractivity contribution < 1.29 is 14.7 Å². The van der Waals surface area contributed by atoms with Crippen LogP contribution in [-0.2, 0) is 16.0 Å². The molecule has 5 nitrogen and oxygen atoms in total. The van der Waals surface area contributed by atoms with Crippen LogP contribution >= 0.6 is 11.3 Å². The molecule has 0 aliphatic rings. The molecule has 1 aromatic heterocycles. The molecule has 0 saturated heterocycles. The summed E-state index contributed by atoms with van der Waals surface area (Å²) < 4.78 is 0. The minimum absolute atomic E-state index is 0.0387. The lowest BCUT2D eigenvalue weighted by atomic mass is 9.99. The van der Waals surface area contributed by atoms with E-state index in [1.165, 1.54) is 18.3 Å². The first kappa shape index (κ1) is 19.3. The number of carboxylic acids is 1. The van der Waals surface area contributed by atoms with Crippen LogP contribution in [0.25, 0.3) is 10.6 Å². The van der Waals surface area contributed by atoms with E-state index in [2.05, 4.69) is 10.3 Å². The Balaban J connectivity index is 2.10. The van der Waals surface area contributed by atoms with Gasteiger partial charge in [0.1, 0.15) is 16.8 Å². The lowest BCUT2D eigenvalue weighted by Gasteiger charge is -2.22. The number of rotatable bonds is 9. The Bertz CT molecular complexity index is 712. The molecule has 0 aliphatic carbocycles. The van der Waals surface area contributed by atoms with Crippen LogP contribution in [0.2, 0.25) is 0 Å². The van der Waals surface area contributed by atoms with E-state index in [9.17, 15) is 14.7 Å². The fraction of sp³-hybridized carbons (Fsp3) is 0.421. The van der Waals surface area contributed by atoms with E-state index in [-0.39, 0.29) is 12.2 Å². The quantitative estimate of drug-likeness (QED) is 0.716. The first-order valence-corrected chi connectivity index (χ1v) is 9.24. The number of carbonyl (C=O) groups is 2. The topological polar surface area (TPSA) is 79.3 Å². The molecule has 0 bridgehead atoms. The summed E-state index contributed by atoms with van der Waals surface area (Å²) in [5.74, 6) is -0.702. The van der Waals surface area contributed by atoms with Gasteiger partial charge in [0.15, 0.2) is 0 Å². The molecule has 1 aromatic carbocycles. The molecular formula is C19H24N2O3S. The summed E-state index contributed by atoms with van der Waals surface area (Å²) in [4.78, 5) is 28.0. The number of aromatic nitrogens is 1. The van der Waals surface area contributed by atoms with Crippen LogP contribution in [0.5, 0.6) is 0 Å². The van der Waals surface area contributed by atoms with E-state index < -0.39 is 18.1 Å². The van der Waals surface area contributed by atoms with Gasteiger partial charge in [-0.05, 0) is 19.3 Å². The molecule has 0 aliphatic heterocycles. The highest BCUT2D eigenvalue weighted by molar-refractivity contribution is 7.13. The molecule has 0 amide bonds. The second-order valence-electron chi connectivity index (χ2n) is 6.56. The van der Waals surface area contributed by atoms with Gasteiger partial charge in [-0.25, -0.2) is 4.98 Å². The maximum Gasteiger partial charge on any atom is 0.321 e. The molecule has 0 spiro atoms. The summed E-state index contributed by atoms with van der Waals surface area (Å²) in [6.07, 6.45) is 0.867. The minimum Gasteiger partial charge on any atom is -0.480 e. The third-order valence-electron chi connectivity index (χ3n) is 3.88. The number of Topliss-reactive ketones (excluding diaryl/α,β-unsaturated/α-hetero) is 1. The maximum atomic E-state index is 11.8. The van der Waals surface area contributed by atoms with Crippen molar-refractivity contribution >= 4 is 23.1 Å². The van der Waals surface area contributed by atoms with E-state index in [0.717, 1.165) is 16.3 Å². The maximum absolute atomic E-state index is 11.8. The van der Waals surface area contributed by atoms with E-state index >= 15 is 0 Å². The zero-order valence-electron chi connectivity index (χ0n) is 14.7. The van der Waals surface area contributed by atoms with Crippen LogP contribution < -0.4 is 5.32 Å². The normalized spacial score (nSPS) is 13.6. The van der Waals surface area contributed by atoms with Gasteiger partial charge in [0.2, 0.25) is 0 Å². The van der Waals surface area contributed by atoms with Crippen molar-refractivity contribution in [2.45, 2.75) is 45.7 Å². The van der Waals surface area contributed by atoms with Crippen molar-refractivity contribution in [2.24, 2.45) is 5.92 Å². The molecule has 25 heavy (non-hydrogen) atoms. The van der Waals surface area contributed by atoms with Crippen LogP contribution in [0.15, 0.2) is 35.7 Å². The predicted molar refractivity (Wildman–Crippen MR) is 99.7 cm³/mol. The van der Waals surface area contributed by atoms with Crippen LogP contribution in [0.4, 0.5) is 0 Å². The Labute approximate surface area is 152 Å². The number of ketones is 1. The van der Waals surface area contributed by atoms with Crippen molar-refractivity contribution in [2.75, 3.05) is 0 Å². The zero-order chi connectivity index (χ0) is 18.4. The smallest absolute Gasteiger partial charge is 0.321 e. The number of hydrogen-bond donors (Lipinski definition) is 2. The highest BCUT2D eigenvalue weighted by Crippen LogP contribution is 2.24. The average molecular weight is 360 g/mol. The number of aliphatic carboxylic acids is 1. The summed E-state index contributed by atoms with van der Waals surface area (Å²) >= 11 is 1.49. The van der Waals surface area contributed by atoms with Gasteiger partial charge < -0.3 is 5.11 Å². The highest BCUT2D eigenvalue weighted by Gasteiger charge is 2.25. The second kappa shape index (κ2) is 8.87. The highest BCUT2D eigenvalue weighted by atomic mass is 32.1. The van der Waals surface area contributed by atoms with Crippen molar-refractivity contribution in [1.82, 2.24) is 10.3 Å². The molecule has 1 heterocycles. The molecule has 2 atom stereocenters. The monoisotopic (exact) mass is 360 g/mol. The summed E-state index contributed by atoms with van der Waals surface area (Å²) in [6, 6.07) is 8.50. The molecule has 6 heteroatoms. The lowest BCUT2D eigenvalue weighted by molar-refractivity contribution is -0.139. The number of thiazole rings is 1. The Morgan fingerprint density at radius 2 is 1.88 bits per heavy atom. The van der Waals surface area contributed by atoms with Crippen molar-refractivity contribution in [3.63, 3.8) is 0 Å². The molecule has 0 saturated carbocycles. The SMILES string of the molecule is CC(=O)C(CC(C)C)NC(Cc1csc(-c2ccccc2)n1)C(=O)O. The lowest BCUT2D eigenvalue weighted by Crippen LogP contribution is -2.48. The zero-order valence-corrected chi connectivity index (χ0v) is 15.5. The summed E-state index contributed by atoms with van der Waals surface area (Å²) in [5, 5.41) is 15.3. The average Bonchev–Trinajstić information content (AvgIpc) is 3.02. The van der Waals surface area contributed by atoms with Crippen LogP contribution in [0.1, 0.15) is 32.9 Å². The first-order chi connectivity index (χ1) is 11.9. The van der Waals surface area contributed by atoms with Gasteiger partial charge in [-0.15, -0.1) is 11.3 Å². The Morgan fingerprint density at radius 3 is 2.44 bits per heavy atom. The van der Waals surface area contributed by atoms with Gasteiger partial charge in [-0.1, -0.05) is 44.2 Å². The second-order valence-corrected chi connectivity index (χ2v) is 7.42. The molecule has 2 rings (SSSR count). The minimum atomic E-state index is -0.968. The Morgan fingerprint density at radius 1 is 1.20 bits per heavy atom. The van der Waals surface area contributed by atoms with E-state index in [4.69, 9.17) is 0 Å². The van der Waals surface area contributed by atoms with Gasteiger partial charge in [-0.3, -0.25) is 14.9 Å². The third-order valence-corrected chi connectivity index (χ3v) is 4.82. The number of carbonyl (C=O) groups excluding carboxylic acids is 1. The third kappa shape index (κ3) is 5.76. The predicted octanol–water partition coefficient (Wildman–Crippen LogP) is 3.40. The van der Waals surface area contributed by atoms with Gasteiger partial charge in [-0.2, -0.15) is 0 Å². The largest absolute Gasteiger partial charge is 0.480 e. The van der Waals surface area contributed by atoms with E-state index in [0.29, 0.717) is 12.3 Å².